The molecule has 4 nitrogen and oxygen atoms in total. The molecule has 1 aromatic heterocycles. The zero-order valence-corrected chi connectivity index (χ0v) is 12.9. The molecular formula is C18H13NO3S. The molecule has 23 heavy (non-hydrogen) atoms. The average Bonchev–Trinajstić information content (AvgIpc) is 3.12. The van der Waals surface area contributed by atoms with Crippen molar-refractivity contribution < 1.29 is 14.3 Å². The maximum Gasteiger partial charge on any atom is 0.353 e. The fourth-order valence-corrected chi connectivity index (χ4v) is 2.55. The van der Waals surface area contributed by atoms with Gasteiger partial charge in [-0.25, -0.2) is 4.79 Å². The van der Waals surface area contributed by atoms with Crippen molar-refractivity contribution in [2.75, 3.05) is 5.32 Å². The number of carbonyl (C=O) groups excluding carboxylic acids is 2. The number of esters is 1. The van der Waals surface area contributed by atoms with Crippen LogP contribution in [-0.4, -0.2) is 11.9 Å². The van der Waals surface area contributed by atoms with Crippen LogP contribution in [0, 0.1) is 0 Å². The Balaban J connectivity index is 1.63. The molecule has 0 fully saturated rings. The highest BCUT2D eigenvalue weighted by Crippen LogP contribution is 2.19. The predicted molar refractivity (Wildman–Crippen MR) is 90.1 cm³/mol. The van der Waals surface area contributed by atoms with Gasteiger partial charge in [0.1, 0.15) is 10.6 Å². The van der Waals surface area contributed by atoms with E-state index in [1.54, 1.807) is 48.5 Å². The summed E-state index contributed by atoms with van der Waals surface area (Å²) in [5, 5.41) is 4.61. The first-order chi connectivity index (χ1) is 11.2. The number of hydrogen-bond acceptors (Lipinski definition) is 4. The Labute approximate surface area is 137 Å². The van der Waals surface area contributed by atoms with Crippen molar-refractivity contribution >= 4 is 28.9 Å². The van der Waals surface area contributed by atoms with Gasteiger partial charge in [0.25, 0.3) is 5.91 Å². The second kappa shape index (κ2) is 6.89. The summed E-state index contributed by atoms with van der Waals surface area (Å²) in [6.07, 6.45) is 0. The number of nitrogens with one attached hydrogen (secondary N) is 1. The van der Waals surface area contributed by atoms with E-state index in [1.807, 2.05) is 23.6 Å². The van der Waals surface area contributed by atoms with Crippen LogP contribution in [0.3, 0.4) is 0 Å². The lowest BCUT2D eigenvalue weighted by molar-refractivity contribution is 0.0739. The summed E-state index contributed by atoms with van der Waals surface area (Å²) in [4.78, 5) is 24.4. The number of carbonyl (C=O) groups is 2. The van der Waals surface area contributed by atoms with Gasteiger partial charge in [-0.05, 0) is 47.8 Å². The van der Waals surface area contributed by atoms with E-state index in [1.165, 1.54) is 11.3 Å². The lowest BCUT2D eigenvalue weighted by atomic mass is 10.2. The van der Waals surface area contributed by atoms with Gasteiger partial charge >= 0.3 is 5.97 Å². The maximum absolute atomic E-state index is 12.0. The zero-order chi connectivity index (χ0) is 16.1. The number of hydrogen-bond donors (Lipinski definition) is 1. The molecule has 1 heterocycles. The van der Waals surface area contributed by atoms with E-state index >= 15 is 0 Å². The summed E-state index contributed by atoms with van der Waals surface area (Å²) in [6, 6.07) is 19.1. The Morgan fingerprint density at radius 2 is 1.61 bits per heavy atom. The molecule has 0 aliphatic heterocycles. The summed E-state index contributed by atoms with van der Waals surface area (Å²) in [5.41, 5.74) is 1.22. The minimum Gasteiger partial charge on any atom is -0.422 e. The molecule has 0 saturated heterocycles. The third-order valence-corrected chi connectivity index (χ3v) is 3.93. The van der Waals surface area contributed by atoms with Crippen molar-refractivity contribution in [2.24, 2.45) is 0 Å². The van der Waals surface area contributed by atoms with Crippen LogP contribution in [0.15, 0.2) is 72.1 Å². The molecule has 0 spiro atoms. The number of thiophene rings is 1. The van der Waals surface area contributed by atoms with Gasteiger partial charge in [0.2, 0.25) is 0 Å². The Morgan fingerprint density at radius 1 is 0.870 bits per heavy atom. The van der Waals surface area contributed by atoms with Crippen LogP contribution in [0.1, 0.15) is 20.0 Å². The van der Waals surface area contributed by atoms with Crippen LogP contribution in [0.4, 0.5) is 5.69 Å². The zero-order valence-electron chi connectivity index (χ0n) is 12.1. The van der Waals surface area contributed by atoms with Crippen molar-refractivity contribution in [3.05, 3.63) is 82.6 Å². The molecule has 5 heteroatoms. The molecule has 0 saturated carbocycles. The number of anilines is 1. The molecule has 0 bridgehead atoms. The van der Waals surface area contributed by atoms with Crippen molar-refractivity contribution in [3.63, 3.8) is 0 Å². The van der Waals surface area contributed by atoms with Gasteiger partial charge in [-0.15, -0.1) is 11.3 Å². The summed E-state index contributed by atoms with van der Waals surface area (Å²) < 4.78 is 5.26. The minimum atomic E-state index is -0.388. The molecule has 0 radical (unpaired) electrons. The average molecular weight is 323 g/mol. The Kier molecular flexibility index (Phi) is 4.49. The van der Waals surface area contributed by atoms with E-state index in [9.17, 15) is 9.59 Å². The Hall–Kier alpha value is -2.92. The van der Waals surface area contributed by atoms with Crippen molar-refractivity contribution in [3.8, 4) is 5.75 Å². The fraction of sp³-hybridized carbons (Fsp3) is 0. The molecule has 3 aromatic rings. The molecule has 3 rings (SSSR count). The second-order valence-corrected chi connectivity index (χ2v) is 5.66. The Bertz CT molecular complexity index is 796. The number of amides is 1. The highest BCUT2D eigenvalue weighted by molar-refractivity contribution is 7.12. The number of benzene rings is 2. The van der Waals surface area contributed by atoms with E-state index in [-0.39, 0.29) is 11.9 Å². The van der Waals surface area contributed by atoms with Crippen molar-refractivity contribution in [1.82, 2.24) is 0 Å². The number of ether oxygens (including phenoxy) is 1. The molecule has 1 amide bonds. The second-order valence-electron chi connectivity index (χ2n) is 4.71. The van der Waals surface area contributed by atoms with E-state index in [0.29, 0.717) is 21.9 Å². The van der Waals surface area contributed by atoms with Crippen LogP contribution in [0.2, 0.25) is 0 Å². The van der Waals surface area contributed by atoms with Crippen molar-refractivity contribution in [1.29, 1.82) is 0 Å². The standard InChI is InChI=1S/C18H13NO3S/c20-17(13-5-2-1-3-6-13)19-14-8-10-15(11-9-14)22-18(21)16-7-4-12-23-16/h1-12H,(H,19,20). The topological polar surface area (TPSA) is 55.4 Å². The smallest absolute Gasteiger partial charge is 0.353 e. The largest absolute Gasteiger partial charge is 0.422 e. The van der Waals surface area contributed by atoms with Crippen LogP contribution in [-0.2, 0) is 0 Å². The fourth-order valence-electron chi connectivity index (χ4n) is 1.95. The molecule has 2 aromatic carbocycles. The first-order valence-electron chi connectivity index (χ1n) is 6.94. The number of rotatable bonds is 4. The van der Waals surface area contributed by atoms with E-state index in [4.69, 9.17) is 4.74 Å². The molecule has 0 aliphatic rings. The Morgan fingerprint density at radius 3 is 2.26 bits per heavy atom. The van der Waals surface area contributed by atoms with Crippen LogP contribution < -0.4 is 10.1 Å². The summed E-state index contributed by atoms with van der Waals surface area (Å²) in [7, 11) is 0. The molecule has 0 aliphatic carbocycles. The van der Waals surface area contributed by atoms with Gasteiger partial charge < -0.3 is 10.1 Å². The van der Waals surface area contributed by atoms with E-state index in [0.717, 1.165) is 0 Å². The summed E-state index contributed by atoms with van der Waals surface area (Å²) in [6.45, 7) is 0. The SMILES string of the molecule is O=C(Nc1ccc(OC(=O)c2cccs2)cc1)c1ccccc1. The van der Waals surface area contributed by atoms with Gasteiger partial charge in [-0.3, -0.25) is 4.79 Å². The first-order valence-corrected chi connectivity index (χ1v) is 7.82. The molecule has 0 unspecified atom stereocenters. The third-order valence-electron chi connectivity index (χ3n) is 3.08. The van der Waals surface area contributed by atoms with Crippen molar-refractivity contribution in [2.45, 2.75) is 0 Å². The summed E-state index contributed by atoms with van der Waals surface area (Å²) >= 11 is 1.33. The van der Waals surface area contributed by atoms with Crippen LogP contribution in [0.25, 0.3) is 0 Å². The first kappa shape index (κ1) is 15.0. The van der Waals surface area contributed by atoms with Crippen LogP contribution >= 0.6 is 11.3 Å². The van der Waals surface area contributed by atoms with E-state index in [2.05, 4.69) is 5.32 Å². The van der Waals surface area contributed by atoms with Gasteiger partial charge in [-0.2, -0.15) is 0 Å². The van der Waals surface area contributed by atoms with E-state index < -0.39 is 0 Å². The highest BCUT2D eigenvalue weighted by atomic mass is 32.1. The molecule has 0 atom stereocenters. The molecular weight excluding hydrogens is 310 g/mol. The highest BCUT2D eigenvalue weighted by Gasteiger charge is 2.10. The van der Waals surface area contributed by atoms with Gasteiger partial charge in [0.15, 0.2) is 0 Å². The third kappa shape index (κ3) is 3.84. The monoisotopic (exact) mass is 323 g/mol. The van der Waals surface area contributed by atoms with Gasteiger partial charge in [0.05, 0.1) is 0 Å². The molecule has 1 N–H and O–H groups in total. The quantitative estimate of drug-likeness (QED) is 0.578. The lowest BCUT2D eigenvalue weighted by Gasteiger charge is -2.07. The lowest BCUT2D eigenvalue weighted by Crippen LogP contribution is -2.11. The minimum absolute atomic E-state index is 0.186. The predicted octanol–water partition coefficient (Wildman–Crippen LogP) is 4.22. The molecule has 114 valence electrons. The maximum atomic E-state index is 12.0. The van der Waals surface area contributed by atoms with Crippen LogP contribution in [0.5, 0.6) is 5.75 Å². The summed E-state index contributed by atoms with van der Waals surface area (Å²) in [5.74, 6) is -0.142. The normalized spacial score (nSPS) is 10.1. The van der Waals surface area contributed by atoms with Gasteiger partial charge in [0, 0.05) is 11.3 Å². The van der Waals surface area contributed by atoms with Gasteiger partial charge in [-0.1, -0.05) is 24.3 Å².